The second-order valence-corrected chi connectivity index (χ2v) is 4.48. The van der Waals surface area contributed by atoms with Crippen molar-refractivity contribution in [2.75, 3.05) is 39.8 Å². The Kier molecular flexibility index (Phi) is 4.45. The van der Waals surface area contributed by atoms with Crippen LogP contribution in [-0.4, -0.2) is 76.4 Å². The Labute approximate surface area is 111 Å². The molecule has 0 bridgehead atoms. The Balaban J connectivity index is 1.80. The van der Waals surface area contributed by atoms with Crippen LogP contribution in [-0.2, 0) is 16.1 Å². The zero-order chi connectivity index (χ0) is 13.7. The topological polar surface area (TPSA) is 83.4 Å². The van der Waals surface area contributed by atoms with E-state index in [4.69, 9.17) is 0 Å². The standard InChI is InChI=1S/C11H18N6O2/c1-15(10(18)9-17-7-4-13-14-17)8-11(19)16-5-2-12-3-6-16/h4,7,12H,2-3,5-6,8-9H2,1H3. The molecule has 0 aliphatic carbocycles. The van der Waals surface area contributed by atoms with Crippen molar-refractivity contribution >= 4 is 11.8 Å². The maximum absolute atomic E-state index is 12.0. The molecule has 0 radical (unpaired) electrons. The minimum absolute atomic E-state index is 0.0176. The van der Waals surface area contributed by atoms with E-state index in [0.717, 1.165) is 13.1 Å². The van der Waals surface area contributed by atoms with Crippen molar-refractivity contribution in [1.82, 2.24) is 30.1 Å². The Morgan fingerprint density at radius 2 is 2.11 bits per heavy atom. The van der Waals surface area contributed by atoms with Gasteiger partial charge in [0, 0.05) is 39.4 Å². The van der Waals surface area contributed by atoms with Gasteiger partial charge in [0.05, 0.1) is 12.7 Å². The molecule has 1 N–H and O–H groups in total. The number of hydrogen-bond acceptors (Lipinski definition) is 5. The maximum Gasteiger partial charge on any atom is 0.244 e. The van der Waals surface area contributed by atoms with E-state index < -0.39 is 0 Å². The zero-order valence-electron chi connectivity index (χ0n) is 10.9. The molecule has 8 heteroatoms. The van der Waals surface area contributed by atoms with E-state index in [1.165, 1.54) is 15.8 Å². The molecule has 1 aliphatic heterocycles. The van der Waals surface area contributed by atoms with Crippen LogP contribution in [0.15, 0.2) is 12.4 Å². The summed E-state index contributed by atoms with van der Waals surface area (Å²) in [5.74, 6) is -0.176. The van der Waals surface area contributed by atoms with E-state index in [-0.39, 0.29) is 24.9 Å². The summed E-state index contributed by atoms with van der Waals surface area (Å²) in [6.45, 7) is 3.22. The zero-order valence-corrected chi connectivity index (χ0v) is 10.9. The number of aromatic nitrogens is 3. The third-order valence-corrected chi connectivity index (χ3v) is 3.04. The summed E-state index contributed by atoms with van der Waals surface area (Å²) in [5.41, 5.74) is 0. The van der Waals surface area contributed by atoms with Crippen molar-refractivity contribution in [1.29, 1.82) is 0 Å². The van der Waals surface area contributed by atoms with Gasteiger partial charge >= 0.3 is 0 Å². The number of rotatable bonds is 4. The smallest absolute Gasteiger partial charge is 0.244 e. The monoisotopic (exact) mass is 266 g/mol. The molecule has 1 aromatic heterocycles. The number of carbonyl (C=O) groups excluding carboxylic acids is 2. The van der Waals surface area contributed by atoms with Crippen LogP contribution < -0.4 is 5.32 Å². The van der Waals surface area contributed by atoms with Crippen molar-refractivity contribution in [3.63, 3.8) is 0 Å². The third kappa shape index (κ3) is 3.75. The van der Waals surface area contributed by atoms with Gasteiger partial charge in [-0.25, -0.2) is 4.68 Å². The van der Waals surface area contributed by atoms with Gasteiger partial charge in [-0.2, -0.15) is 0 Å². The van der Waals surface area contributed by atoms with Gasteiger partial charge in [-0.05, 0) is 0 Å². The second kappa shape index (κ2) is 6.28. The summed E-state index contributed by atoms with van der Waals surface area (Å²) in [5, 5.41) is 10.5. The molecule has 1 aromatic rings. The molecule has 1 aliphatic rings. The van der Waals surface area contributed by atoms with Gasteiger partial charge in [-0.1, -0.05) is 5.21 Å². The molecule has 0 spiro atoms. The molecule has 1 saturated heterocycles. The number of piperazine rings is 1. The van der Waals surface area contributed by atoms with Crippen LogP contribution >= 0.6 is 0 Å². The molecule has 104 valence electrons. The molecular formula is C11H18N6O2. The highest BCUT2D eigenvalue weighted by Gasteiger charge is 2.20. The molecule has 0 unspecified atom stereocenters. The van der Waals surface area contributed by atoms with Crippen LogP contribution in [0.25, 0.3) is 0 Å². The molecule has 2 amide bonds. The number of nitrogens with zero attached hydrogens (tertiary/aromatic N) is 5. The Hall–Kier alpha value is -1.96. The van der Waals surface area contributed by atoms with Crippen molar-refractivity contribution in [2.45, 2.75) is 6.54 Å². The quantitative estimate of drug-likeness (QED) is 0.693. The third-order valence-electron chi connectivity index (χ3n) is 3.04. The first-order valence-electron chi connectivity index (χ1n) is 6.23. The van der Waals surface area contributed by atoms with E-state index in [1.54, 1.807) is 18.1 Å². The number of likely N-dealkylation sites (N-methyl/N-ethyl adjacent to an activating group) is 1. The number of amides is 2. The number of hydrogen-bond donors (Lipinski definition) is 1. The van der Waals surface area contributed by atoms with E-state index in [0.29, 0.717) is 13.1 Å². The van der Waals surface area contributed by atoms with Gasteiger partial charge in [0.1, 0.15) is 6.54 Å². The largest absolute Gasteiger partial charge is 0.339 e. The highest BCUT2D eigenvalue weighted by atomic mass is 16.2. The highest BCUT2D eigenvalue weighted by Crippen LogP contribution is 1.97. The lowest BCUT2D eigenvalue weighted by Gasteiger charge is -2.29. The highest BCUT2D eigenvalue weighted by molar-refractivity contribution is 5.84. The summed E-state index contributed by atoms with van der Waals surface area (Å²) in [7, 11) is 1.62. The van der Waals surface area contributed by atoms with Crippen LogP contribution in [0.5, 0.6) is 0 Å². The first-order chi connectivity index (χ1) is 9.16. The van der Waals surface area contributed by atoms with Gasteiger partial charge in [0.2, 0.25) is 11.8 Å². The van der Waals surface area contributed by atoms with Crippen LogP contribution in [0.4, 0.5) is 0 Å². The Morgan fingerprint density at radius 3 is 2.74 bits per heavy atom. The lowest BCUT2D eigenvalue weighted by Crippen LogP contribution is -2.50. The van der Waals surface area contributed by atoms with E-state index in [1.807, 2.05) is 0 Å². The van der Waals surface area contributed by atoms with E-state index in [9.17, 15) is 9.59 Å². The van der Waals surface area contributed by atoms with Crippen molar-refractivity contribution in [2.24, 2.45) is 0 Å². The first kappa shape index (κ1) is 13.5. The van der Waals surface area contributed by atoms with Crippen molar-refractivity contribution in [3.8, 4) is 0 Å². The fraction of sp³-hybridized carbons (Fsp3) is 0.636. The first-order valence-corrected chi connectivity index (χ1v) is 6.23. The van der Waals surface area contributed by atoms with Gasteiger partial charge in [-0.3, -0.25) is 9.59 Å². The van der Waals surface area contributed by atoms with Gasteiger partial charge in [-0.15, -0.1) is 5.10 Å². The van der Waals surface area contributed by atoms with E-state index >= 15 is 0 Å². The second-order valence-electron chi connectivity index (χ2n) is 4.48. The normalized spacial score (nSPS) is 15.3. The van der Waals surface area contributed by atoms with Gasteiger partial charge in [0.25, 0.3) is 0 Å². The minimum Gasteiger partial charge on any atom is -0.339 e. The summed E-state index contributed by atoms with van der Waals surface area (Å²) in [6, 6.07) is 0. The predicted molar refractivity (Wildman–Crippen MR) is 67.1 cm³/mol. The average Bonchev–Trinajstić information content (AvgIpc) is 2.92. The lowest BCUT2D eigenvalue weighted by atomic mass is 10.3. The van der Waals surface area contributed by atoms with Crippen LogP contribution in [0.2, 0.25) is 0 Å². The van der Waals surface area contributed by atoms with Crippen LogP contribution in [0.1, 0.15) is 0 Å². The summed E-state index contributed by atoms with van der Waals surface area (Å²) in [6.07, 6.45) is 3.13. The molecule has 1 fully saturated rings. The van der Waals surface area contributed by atoms with Crippen LogP contribution in [0.3, 0.4) is 0 Å². The molecular weight excluding hydrogens is 248 g/mol. The molecule has 0 atom stereocenters. The van der Waals surface area contributed by atoms with E-state index in [2.05, 4.69) is 15.6 Å². The van der Waals surface area contributed by atoms with Crippen molar-refractivity contribution in [3.05, 3.63) is 12.4 Å². The van der Waals surface area contributed by atoms with Gasteiger partial charge in [0.15, 0.2) is 0 Å². The average molecular weight is 266 g/mol. The number of nitrogens with one attached hydrogen (secondary N) is 1. The molecule has 2 heterocycles. The molecule has 8 nitrogen and oxygen atoms in total. The molecule has 2 rings (SSSR count). The maximum atomic E-state index is 12.0. The Morgan fingerprint density at radius 1 is 1.37 bits per heavy atom. The number of carbonyl (C=O) groups is 2. The summed E-state index contributed by atoms with van der Waals surface area (Å²) < 4.78 is 1.44. The molecule has 0 saturated carbocycles. The van der Waals surface area contributed by atoms with Crippen molar-refractivity contribution < 1.29 is 9.59 Å². The fourth-order valence-corrected chi connectivity index (χ4v) is 1.88. The Bertz CT molecular complexity index is 426. The SMILES string of the molecule is CN(CC(=O)N1CCNCC1)C(=O)Cn1ccnn1. The van der Waals surface area contributed by atoms with Crippen LogP contribution in [0, 0.1) is 0 Å². The minimum atomic E-state index is -0.158. The summed E-state index contributed by atoms with van der Waals surface area (Å²) in [4.78, 5) is 27.1. The summed E-state index contributed by atoms with van der Waals surface area (Å²) >= 11 is 0. The molecule has 19 heavy (non-hydrogen) atoms. The van der Waals surface area contributed by atoms with Gasteiger partial charge < -0.3 is 15.1 Å². The molecule has 0 aromatic carbocycles. The fourth-order valence-electron chi connectivity index (χ4n) is 1.88. The predicted octanol–water partition coefficient (Wildman–Crippen LogP) is -1.83. The lowest BCUT2D eigenvalue weighted by molar-refractivity contribution is -0.140.